The van der Waals surface area contributed by atoms with Crippen LogP contribution in [-0.4, -0.2) is 49.2 Å². The van der Waals surface area contributed by atoms with E-state index in [0.717, 1.165) is 45.0 Å². The SMILES string of the molecule is CCNC(=NCC(C)(C)SC)NC1CCN(c2cccs2)CC1.I. The minimum absolute atomic E-state index is 0. The van der Waals surface area contributed by atoms with Crippen LogP contribution < -0.4 is 15.5 Å². The molecule has 0 bridgehead atoms. The van der Waals surface area contributed by atoms with Crippen LogP contribution in [0.15, 0.2) is 22.5 Å². The highest BCUT2D eigenvalue weighted by Crippen LogP contribution is 2.25. The second-order valence-electron chi connectivity index (χ2n) is 6.52. The quantitative estimate of drug-likeness (QED) is 0.365. The molecule has 0 atom stereocenters. The average Bonchev–Trinajstić information content (AvgIpc) is 3.08. The maximum absolute atomic E-state index is 4.78. The van der Waals surface area contributed by atoms with E-state index in [-0.39, 0.29) is 28.7 Å². The molecule has 0 spiro atoms. The van der Waals surface area contributed by atoms with Gasteiger partial charge in [-0.15, -0.1) is 35.3 Å². The number of hydrogen-bond donors (Lipinski definition) is 2. The number of thiophene rings is 1. The number of hydrogen-bond acceptors (Lipinski definition) is 4. The fraction of sp³-hybridized carbons (Fsp3) is 0.706. The minimum atomic E-state index is 0. The van der Waals surface area contributed by atoms with Gasteiger partial charge in [0, 0.05) is 30.4 Å². The molecule has 1 aliphatic heterocycles. The van der Waals surface area contributed by atoms with E-state index in [4.69, 9.17) is 4.99 Å². The number of nitrogens with one attached hydrogen (secondary N) is 2. The van der Waals surface area contributed by atoms with Gasteiger partial charge >= 0.3 is 0 Å². The van der Waals surface area contributed by atoms with E-state index in [1.807, 2.05) is 23.1 Å². The van der Waals surface area contributed by atoms with Crippen LogP contribution in [-0.2, 0) is 0 Å². The largest absolute Gasteiger partial charge is 0.363 e. The molecule has 0 amide bonds. The van der Waals surface area contributed by atoms with Gasteiger partial charge in [-0.3, -0.25) is 4.99 Å². The van der Waals surface area contributed by atoms with Gasteiger partial charge in [-0.05, 0) is 57.4 Å². The number of rotatable bonds is 6. The Kier molecular flexibility index (Phi) is 9.81. The molecule has 1 aliphatic rings. The van der Waals surface area contributed by atoms with Gasteiger partial charge in [-0.25, -0.2) is 0 Å². The van der Waals surface area contributed by atoms with Gasteiger partial charge in [0.1, 0.15) is 0 Å². The van der Waals surface area contributed by atoms with Gasteiger partial charge in [0.15, 0.2) is 5.96 Å². The van der Waals surface area contributed by atoms with Gasteiger partial charge < -0.3 is 15.5 Å². The van der Waals surface area contributed by atoms with Crippen LogP contribution in [0.1, 0.15) is 33.6 Å². The smallest absolute Gasteiger partial charge is 0.191 e. The van der Waals surface area contributed by atoms with Gasteiger partial charge in [-0.1, -0.05) is 0 Å². The highest BCUT2D eigenvalue weighted by molar-refractivity contribution is 14.0. The Hall–Kier alpha value is -0.150. The molecule has 1 aromatic heterocycles. The molecule has 24 heavy (non-hydrogen) atoms. The Morgan fingerprint density at radius 2 is 2.12 bits per heavy atom. The van der Waals surface area contributed by atoms with Crippen molar-refractivity contribution in [3.8, 4) is 0 Å². The Morgan fingerprint density at radius 1 is 1.42 bits per heavy atom. The number of aliphatic imine (C=N–C) groups is 1. The summed E-state index contributed by atoms with van der Waals surface area (Å²) >= 11 is 3.70. The topological polar surface area (TPSA) is 39.7 Å². The molecule has 0 radical (unpaired) electrons. The van der Waals surface area contributed by atoms with Crippen LogP contribution in [0.2, 0.25) is 0 Å². The number of piperidine rings is 1. The first kappa shape index (κ1) is 21.9. The number of anilines is 1. The minimum Gasteiger partial charge on any atom is -0.363 e. The Morgan fingerprint density at radius 3 is 2.67 bits per heavy atom. The predicted octanol–water partition coefficient (Wildman–Crippen LogP) is 4.03. The molecule has 2 N–H and O–H groups in total. The number of halogens is 1. The van der Waals surface area contributed by atoms with Crippen LogP contribution in [0.5, 0.6) is 0 Å². The van der Waals surface area contributed by atoms with E-state index in [1.54, 1.807) is 0 Å². The molecular weight excluding hydrogens is 451 g/mol. The molecule has 1 aromatic rings. The predicted molar refractivity (Wildman–Crippen MR) is 122 cm³/mol. The third-order valence-corrected chi connectivity index (χ3v) is 6.33. The van der Waals surface area contributed by atoms with Crippen molar-refractivity contribution in [1.82, 2.24) is 10.6 Å². The maximum Gasteiger partial charge on any atom is 0.191 e. The number of thioether (sulfide) groups is 1. The van der Waals surface area contributed by atoms with Crippen LogP contribution in [0.25, 0.3) is 0 Å². The Bertz CT molecular complexity index is 483. The lowest BCUT2D eigenvalue weighted by atomic mass is 10.1. The molecule has 0 aromatic carbocycles. The standard InChI is InChI=1S/C17H30N4S2.HI/c1-5-18-16(19-13-17(2,3)22-4)20-14-8-10-21(11-9-14)15-7-6-12-23-15;/h6-7,12,14H,5,8-11,13H2,1-4H3,(H2,18,19,20);1H. The third-order valence-electron chi connectivity index (χ3n) is 4.17. The summed E-state index contributed by atoms with van der Waals surface area (Å²) < 4.78 is 0.185. The van der Waals surface area contributed by atoms with E-state index >= 15 is 0 Å². The van der Waals surface area contributed by atoms with E-state index in [1.165, 1.54) is 5.00 Å². The Balaban J connectivity index is 0.00000288. The molecular formula is C17H31IN4S2. The number of nitrogens with zero attached hydrogens (tertiary/aromatic N) is 2. The average molecular weight is 483 g/mol. The summed E-state index contributed by atoms with van der Waals surface area (Å²) in [4.78, 5) is 7.27. The molecule has 1 fully saturated rings. The zero-order valence-electron chi connectivity index (χ0n) is 15.2. The van der Waals surface area contributed by atoms with E-state index in [9.17, 15) is 0 Å². The zero-order chi connectivity index (χ0) is 16.7. The van der Waals surface area contributed by atoms with Crippen molar-refractivity contribution in [2.24, 2.45) is 4.99 Å². The van der Waals surface area contributed by atoms with E-state index < -0.39 is 0 Å². The van der Waals surface area contributed by atoms with Crippen LogP contribution in [0.3, 0.4) is 0 Å². The van der Waals surface area contributed by atoms with Crippen LogP contribution in [0, 0.1) is 0 Å². The van der Waals surface area contributed by atoms with E-state index in [2.05, 4.69) is 60.1 Å². The van der Waals surface area contributed by atoms with Crippen LogP contribution >= 0.6 is 47.1 Å². The molecule has 0 saturated carbocycles. The van der Waals surface area contributed by atoms with Gasteiger partial charge in [0.2, 0.25) is 0 Å². The summed E-state index contributed by atoms with van der Waals surface area (Å²) in [6.07, 6.45) is 4.47. The molecule has 0 aliphatic carbocycles. The lowest BCUT2D eigenvalue weighted by molar-refractivity contribution is 0.462. The van der Waals surface area contributed by atoms with Crippen LogP contribution in [0.4, 0.5) is 5.00 Å². The number of guanidine groups is 1. The summed E-state index contributed by atoms with van der Waals surface area (Å²) in [5.41, 5.74) is 0. The summed E-state index contributed by atoms with van der Waals surface area (Å²) in [6, 6.07) is 4.86. The second-order valence-corrected chi connectivity index (χ2v) is 8.96. The maximum atomic E-state index is 4.78. The highest BCUT2D eigenvalue weighted by atomic mass is 127. The molecule has 2 rings (SSSR count). The first-order chi connectivity index (χ1) is 11.0. The summed E-state index contributed by atoms with van der Waals surface area (Å²) in [7, 11) is 0. The molecule has 7 heteroatoms. The van der Waals surface area contributed by atoms with Crippen molar-refractivity contribution in [3.63, 3.8) is 0 Å². The molecule has 2 heterocycles. The van der Waals surface area contributed by atoms with Crippen molar-refractivity contribution in [2.45, 2.75) is 44.4 Å². The normalized spacial score (nSPS) is 16.7. The first-order valence-corrected chi connectivity index (χ1v) is 10.5. The highest BCUT2D eigenvalue weighted by Gasteiger charge is 2.21. The molecule has 0 unspecified atom stereocenters. The van der Waals surface area contributed by atoms with Crippen molar-refractivity contribution >= 4 is 58.0 Å². The summed E-state index contributed by atoms with van der Waals surface area (Å²) in [5.74, 6) is 0.962. The Labute approximate surface area is 172 Å². The molecule has 138 valence electrons. The van der Waals surface area contributed by atoms with Gasteiger partial charge in [-0.2, -0.15) is 11.8 Å². The van der Waals surface area contributed by atoms with E-state index in [0.29, 0.717) is 6.04 Å². The van der Waals surface area contributed by atoms with Crippen molar-refractivity contribution in [1.29, 1.82) is 0 Å². The van der Waals surface area contributed by atoms with Gasteiger partial charge in [0.05, 0.1) is 11.5 Å². The van der Waals surface area contributed by atoms with Crippen molar-refractivity contribution < 1.29 is 0 Å². The van der Waals surface area contributed by atoms with Crippen molar-refractivity contribution in [3.05, 3.63) is 17.5 Å². The summed E-state index contributed by atoms with van der Waals surface area (Å²) in [6.45, 7) is 10.6. The third kappa shape index (κ3) is 7.00. The fourth-order valence-electron chi connectivity index (χ4n) is 2.54. The second kappa shape index (κ2) is 10.8. The fourth-order valence-corrected chi connectivity index (χ4v) is 3.52. The monoisotopic (exact) mass is 482 g/mol. The van der Waals surface area contributed by atoms with Gasteiger partial charge in [0.25, 0.3) is 0 Å². The first-order valence-electron chi connectivity index (χ1n) is 8.42. The van der Waals surface area contributed by atoms with Crippen molar-refractivity contribution in [2.75, 3.05) is 37.3 Å². The molecule has 1 saturated heterocycles. The zero-order valence-corrected chi connectivity index (χ0v) is 19.1. The lowest BCUT2D eigenvalue weighted by Gasteiger charge is -2.33. The molecule has 4 nitrogen and oxygen atoms in total. The lowest BCUT2D eigenvalue weighted by Crippen LogP contribution is -2.49. The summed E-state index contributed by atoms with van der Waals surface area (Å²) in [5, 5.41) is 10.6.